The molecule has 0 saturated carbocycles. The average Bonchev–Trinajstić information content (AvgIpc) is 2.97. The monoisotopic (exact) mass is 602 g/mol. The number of anilines is 2. The summed E-state index contributed by atoms with van der Waals surface area (Å²) in [5.74, 6) is 0.465. The number of pyridine rings is 1. The van der Waals surface area contributed by atoms with Crippen LogP contribution in [0.2, 0.25) is 0 Å². The van der Waals surface area contributed by atoms with Crippen LogP contribution in [0.4, 0.5) is 29.5 Å². The molecule has 43 heavy (non-hydrogen) atoms. The van der Waals surface area contributed by atoms with Gasteiger partial charge in [-0.2, -0.15) is 18.4 Å². The van der Waals surface area contributed by atoms with E-state index in [0.717, 1.165) is 19.2 Å². The van der Waals surface area contributed by atoms with Gasteiger partial charge in [-0.1, -0.05) is 0 Å². The average molecular weight is 603 g/mol. The predicted octanol–water partition coefficient (Wildman–Crippen LogP) is 4.76. The fourth-order valence-corrected chi connectivity index (χ4v) is 5.00. The number of carbonyl (C=O) groups excluding carboxylic acids is 2. The van der Waals surface area contributed by atoms with Crippen LogP contribution in [0.5, 0.6) is 5.75 Å². The van der Waals surface area contributed by atoms with Gasteiger partial charge in [0.25, 0.3) is 0 Å². The molecule has 2 aliphatic heterocycles. The SMILES string of the molecule is CC(C)(C)OC(=O)N1CCN(CCOc2ccc(NC(=O)C3CCN(c4ccc(C#N)c(C(F)(F)F)c4)CC3)nc2)CC1. The Morgan fingerprint density at radius 2 is 1.74 bits per heavy atom. The zero-order chi connectivity index (χ0) is 31.2. The van der Waals surface area contributed by atoms with Crippen LogP contribution in [0, 0.1) is 17.2 Å². The van der Waals surface area contributed by atoms with E-state index in [-0.39, 0.29) is 17.9 Å². The number of piperazine rings is 1. The molecule has 0 atom stereocenters. The van der Waals surface area contributed by atoms with Gasteiger partial charge in [0.15, 0.2) is 0 Å². The van der Waals surface area contributed by atoms with Gasteiger partial charge in [0.1, 0.15) is 23.8 Å². The standard InChI is InChI=1S/C30H37F3N6O4/c1-29(2,3)43-28(41)39-14-12-37(13-15-39)16-17-42-24-6-7-26(35-20-24)36-27(40)21-8-10-38(11-9-21)23-5-4-22(19-34)25(18-23)30(31,32)33/h4-7,18,20-21H,8-17H2,1-3H3,(H,35,36,40). The Hall–Kier alpha value is -4.05. The molecule has 0 aliphatic carbocycles. The van der Waals surface area contributed by atoms with Crippen LogP contribution >= 0.6 is 0 Å². The first-order chi connectivity index (χ1) is 20.3. The summed E-state index contributed by atoms with van der Waals surface area (Å²) in [4.78, 5) is 35.0. The first-order valence-electron chi connectivity index (χ1n) is 14.3. The smallest absolute Gasteiger partial charge is 0.417 e. The van der Waals surface area contributed by atoms with Gasteiger partial charge in [-0.3, -0.25) is 9.69 Å². The maximum atomic E-state index is 13.3. The third kappa shape index (κ3) is 8.97. The molecular formula is C30H37F3N6O4. The number of piperidine rings is 1. The van der Waals surface area contributed by atoms with Gasteiger partial charge in [-0.15, -0.1) is 0 Å². The Kier molecular flexibility index (Phi) is 10.0. The Morgan fingerprint density at radius 1 is 1.05 bits per heavy atom. The number of hydrogen-bond acceptors (Lipinski definition) is 8. The summed E-state index contributed by atoms with van der Waals surface area (Å²) in [5, 5.41) is 11.8. The van der Waals surface area contributed by atoms with E-state index >= 15 is 0 Å². The topological polar surface area (TPSA) is 111 Å². The van der Waals surface area contributed by atoms with Crippen LogP contribution in [0.25, 0.3) is 0 Å². The van der Waals surface area contributed by atoms with Gasteiger partial charge >= 0.3 is 12.3 Å². The molecule has 1 aromatic heterocycles. The number of nitrogens with zero attached hydrogens (tertiary/aromatic N) is 5. The molecule has 0 unspecified atom stereocenters. The molecule has 0 radical (unpaired) electrons. The largest absolute Gasteiger partial charge is 0.491 e. The molecule has 2 aromatic rings. The van der Waals surface area contributed by atoms with Crippen molar-refractivity contribution in [1.82, 2.24) is 14.8 Å². The number of benzene rings is 1. The number of rotatable bonds is 7. The van der Waals surface area contributed by atoms with Crippen LogP contribution in [-0.4, -0.2) is 84.8 Å². The molecule has 4 rings (SSSR count). The Morgan fingerprint density at radius 3 is 2.33 bits per heavy atom. The maximum Gasteiger partial charge on any atom is 0.417 e. The predicted molar refractivity (Wildman–Crippen MR) is 154 cm³/mol. The quantitative estimate of drug-likeness (QED) is 0.483. The van der Waals surface area contributed by atoms with E-state index < -0.39 is 22.9 Å². The molecule has 2 amide bonds. The summed E-state index contributed by atoms with van der Waals surface area (Å²) in [6, 6.07) is 8.68. The molecule has 232 valence electrons. The molecule has 3 heterocycles. The van der Waals surface area contributed by atoms with Gasteiger partial charge in [0.05, 0.1) is 23.4 Å². The number of carbonyl (C=O) groups is 2. The van der Waals surface area contributed by atoms with Crippen molar-refractivity contribution in [2.45, 2.75) is 45.4 Å². The van der Waals surface area contributed by atoms with Crippen LogP contribution in [0.15, 0.2) is 36.5 Å². The van der Waals surface area contributed by atoms with E-state index in [1.54, 1.807) is 34.2 Å². The van der Waals surface area contributed by atoms with Crippen molar-refractivity contribution in [2.24, 2.45) is 5.92 Å². The number of halogens is 3. The summed E-state index contributed by atoms with van der Waals surface area (Å²) in [5.41, 5.74) is -1.50. The lowest BCUT2D eigenvalue weighted by molar-refractivity contribution is -0.137. The molecular weight excluding hydrogens is 565 g/mol. The highest BCUT2D eigenvalue weighted by Gasteiger charge is 2.35. The van der Waals surface area contributed by atoms with Crippen molar-refractivity contribution in [2.75, 3.05) is 62.6 Å². The number of alkyl halides is 3. The van der Waals surface area contributed by atoms with E-state index in [9.17, 15) is 22.8 Å². The molecule has 1 aromatic carbocycles. The Balaban J connectivity index is 1.17. The molecule has 10 nitrogen and oxygen atoms in total. The molecule has 0 bridgehead atoms. The highest BCUT2D eigenvalue weighted by Crippen LogP contribution is 2.35. The van der Waals surface area contributed by atoms with Crippen LogP contribution in [0.1, 0.15) is 44.7 Å². The second-order valence-corrected chi connectivity index (χ2v) is 11.6. The summed E-state index contributed by atoms with van der Waals surface area (Å²) >= 11 is 0. The minimum absolute atomic E-state index is 0.192. The minimum Gasteiger partial charge on any atom is -0.491 e. The van der Waals surface area contributed by atoms with Gasteiger partial charge < -0.3 is 24.6 Å². The second-order valence-electron chi connectivity index (χ2n) is 11.6. The first-order valence-corrected chi connectivity index (χ1v) is 14.3. The van der Waals surface area contributed by atoms with Crippen molar-refractivity contribution in [3.8, 4) is 11.8 Å². The van der Waals surface area contributed by atoms with Gasteiger partial charge in [0, 0.05) is 57.4 Å². The van der Waals surface area contributed by atoms with Gasteiger partial charge in [-0.05, 0) is 63.9 Å². The Labute approximate surface area is 249 Å². The minimum atomic E-state index is -4.62. The van der Waals surface area contributed by atoms with Gasteiger partial charge in [-0.25, -0.2) is 9.78 Å². The van der Waals surface area contributed by atoms with E-state index in [2.05, 4.69) is 15.2 Å². The van der Waals surface area contributed by atoms with Crippen molar-refractivity contribution >= 4 is 23.5 Å². The fraction of sp³-hybridized carbons (Fsp3) is 0.533. The fourth-order valence-electron chi connectivity index (χ4n) is 5.00. The van der Waals surface area contributed by atoms with Crippen molar-refractivity contribution < 1.29 is 32.2 Å². The number of aromatic nitrogens is 1. The molecule has 2 saturated heterocycles. The zero-order valence-electron chi connectivity index (χ0n) is 24.6. The van der Waals surface area contributed by atoms with E-state index in [1.165, 1.54) is 12.1 Å². The zero-order valence-corrected chi connectivity index (χ0v) is 24.6. The van der Waals surface area contributed by atoms with E-state index in [1.807, 2.05) is 20.8 Å². The van der Waals surface area contributed by atoms with E-state index in [4.69, 9.17) is 14.7 Å². The third-order valence-corrected chi connectivity index (χ3v) is 7.35. The summed E-state index contributed by atoms with van der Waals surface area (Å²) in [6.07, 6.45) is -2.42. The van der Waals surface area contributed by atoms with Crippen LogP contribution in [-0.2, 0) is 15.7 Å². The maximum absolute atomic E-state index is 13.3. The van der Waals surface area contributed by atoms with E-state index in [0.29, 0.717) is 69.4 Å². The van der Waals surface area contributed by atoms with Crippen molar-refractivity contribution in [1.29, 1.82) is 5.26 Å². The number of nitrogens with one attached hydrogen (secondary N) is 1. The number of hydrogen-bond donors (Lipinski definition) is 1. The first kappa shape index (κ1) is 31.9. The lowest BCUT2D eigenvalue weighted by Gasteiger charge is -2.35. The summed E-state index contributed by atoms with van der Waals surface area (Å²) < 4.78 is 51.3. The normalized spacial score (nSPS) is 16.9. The van der Waals surface area contributed by atoms with Crippen LogP contribution in [0.3, 0.4) is 0 Å². The molecule has 13 heteroatoms. The highest BCUT2D eigenvalue weighted by atomic mass is 19.4. The number of nitriles is 1. The molecule has 0 spiro atoms. The second kappa shape index (κ2) is 13.5. The Bertz CT molecular complexity index is 1310. The third-order valence-electron chi connectivity index (χ3n) is 7.35. The molecule has 2 aliphatic rings. The summed E-state index contributed by atoms with van der Waals surface area (Å²) in [7, 11) is 0. The van der Waals surface area contributed by atoms with Gasteiger partial charge in [0.2, 0.25) is 5.91 Å². The van der Waals surface area contributed by atoms with Crippen molar-refractivity contribution in [3.05, 3.63) is 47.7 Å². The van der Waals surface area contributed by atoms with Crippen LogP contribution < -0.4 is 15.0 Å². The summed E-state index contributed by atoms with van der Waals surface area (Å²) in [6.45, 7) is 10.2. The highest BCUT2D eigenvalue weighted by molar-refractivity contribution is 5.91. The molecule has 2 fully saturated rings. The number of ether oxygens (including phenoxy) is 2. The molecule has 1 N–H and O–H groups in total. The lowest BCUT2D eigenvalue weighted by Crippen LogP contribution is -2.50. The number of amides is 2. The lowest BCUT2D eigenvalue weighted by atomic mass is 9.95. The van der Waals surface area contributed by atoms with Crippen molar-refractivity contribution in [3.63, 3.8) is 0 Å².